The number of nitrogens with zero attached hydrogens (tertiary/aromatic N) is 4. The van der Waals surface area contributed by atoms with Crippen molar-refractivity contribution in [1.29, 1.82) is 0 Å². The zero-order chi connectivity index (χ0) is 19.7. The first-order valence-electron chi connectivity index (χ1n) is 8.85. The zero-order valence-electron chi connectivity index (χ0n) is 15.8. The number of hydrogen-bond acceptors (Lipinski definition) is 7. The van der Waals surface area contributed by atoms with Crippen LogP contribution in [-0.4, -0.2) is 32.7 Å². The number of nitrogens with one attached hydrogen (secondary N) is 2. The summed E-state index contributed by atoms with van der Waals surface area (Å²) in [6, 6.07) is 5.00. The molecule has 1 aromatic carbocycles. The Labute approximate surface area is 160 Å². The van der Waals surface area contributed by atoms with E-state index in [1.165, 1.54) is 0 Å². The van der Waals surface area contributed by atoms with Gasteiger partial charge in [-0.3, -0.25) is 10.00 Å². The lowest BCUT2D eigenvalue weighted by atomic mass is 10.2. The van der Waals surface area contributed by atoms with Crippen molar-refractivity contribution in [3.63, 3.8) is 0 Å². The molecule has 0 saturated carbocycles. The predicted molar refractivity (Wildman–Crippen MR) is 99.0 cm³/mol. The Balaban J connectivity index is 1.39. The Morgan fingerprint density at radius 2 is 2.11 bits per heavy atom. The van der Waals surface area contributed by atoms with Gasteiger partial charge in [0.1, 0.15) is 5.82 Å². The Bertz CT molecular complexity index is 1030. The van der Waals surface area contributed by atoms with Crippen LogP contribution in [0.3, 0.4) is 0 Å². The van der Waals surface area contributed by atoms with Crippen LogP contribution in [-0.2, 0) is 20.0 Å². The van der Waals surface area contributed by atoms with Crippen molar-refractivity contribution in [1.82, 2.24) is 25.2 Å². The number of aryl methyl sites for hydroxylation is 2. The maximum Gasteiger partial charge on any atom is 0.320 e. The minimum atomic E-state index is -0.368. The number of aromatic nitrogens is 4. The van der Waals surface area contributed by atoms with Gasteiger partial charge in [0, 0.05) is 18.2 Å². The average Bonchev–Trinajstić information content (AvgIpc) is 3.39. The number of rotatable bonds is 5. The van der Waals surface area contributed by atoms with Gasteiger partial charge in [-0.05, 0) is 31.5 Å². The Kier molecular flexibility index (Phi) is 4.60. The van der Waals surface area contributed by atoms with Crippen LogP contribution >= 0.6 is 0 Å². The van der Waals surface area contributed by atoms with Gasteiger partial charge in [-0.15, -0.1) is 0 Å². The van der Waals surface area contributed by atoms with E-state index in [0.717, 1.165) is 17.7 Å². The van der Waals surface area contributed by atoms with E-state index in [1.807, 2.05) is 19.9 Å². The van der Waals surface area contributed by atoms with Crippen molar-refractivity contribution >= 4 is 11.8 Å². The number of ether oxygens (including phenoxy) is 2. The monoisotopic (exact) mass is 384 g/mol. The summed E-state index contributed by atoms with van der Waals surface area (Å²) in [7, 11) is 1.79. The molecule has 146 valence electrons. The minimum absolute atomic E-state index is 0.123. The molecular weight excluding hydrogens is 364 g/mol. The molecule has 0 bridgehead atoms. The van der Waals surface area contributed by atoms with Crippen molar-refractivity contribution < 1.29 is 18.8 Å². The van der Waals surface area contributed by atoms with Gasteiger partial charge in [-0.2, -0.15) is 10.1 Å². The van der Waals surface area contributed by atoms with Crippen LogP contribution in [0.2, 0.25) is 0 Å². The number of amides is 2. The van der Waals surface area contributed by atoms with Crippen LogP contribution in [0.15, 0.2) is 22.7 Å². The second-order valence-corrected chi connectivity index (χ2v) is 6.28. The highest BCUT2D eigenvalue weighted by atomic mass is 16.7. The van der Waals surface area contributed by atoms with Crippen molar-refractivity contribution in [2.24, 2.45) is 7.05 Å². The largest absolute Gasteiger partial charge is 0.454 e. The number of hydrogen-bond donors (Lipinski definition) is 2. The van der Waals surface area contributed by atoms with Crippen LogP contribution in [0, 0.1) is 6.92 Å². The second-order valence-electron chi connectivity index (χ2n) is 6.28. The van der Waals surface area contributed by atoms with E-state index in [1.54, 1.807) is 23.9 Å². The van der Waals surface area contributed by atoms with E-state index in [-0.39, 0.29) is 19.4 Å². The molecule has 10 nitrogen and oxygen atoms in total. The molecule has 4 rings (SSSR count). The van der Waals surface area contributed by atoms with Crippen LogP contribution in [0.25, 0.3) is 11.5 Å². The number of carbonyl (C=O) groups is 1. The first kappa shape index (κ1) is 17.8. The highest BCUT2D eigenvalue weighted by molar-refractivity contribution is 5.89. The number of anilines is 1. The molecule has 1 aliphatic rings. The molecule has 3 heterocycles. The van der Waals surface area contributed by atoms with E-state index in [2.05, 4.69) is 25.9 Å². The molecule has 0 spiro atoms. The summed E-state index contributed by atoms with van der Waals surface area (Å²) in [4.78, 5) is 16.5. The van der Waals surface area contributed by atoms with E-state index in [9.17, 15) is 4.79 Å². The highest BCUT2D eigenvalue weighted by Crippen LogP contribution is 2.35. The summed E-state index contributed by atoms with van der Waals surface area (Å²) in [5, 5.41) is 13.8. The first-order chi connectivity index (χ1) is 13.5. The van der Waals surface area contributed by atoms with Crippen molar-refractivity contribution in [3.05, 3.63) is 35.3 Å². The quantitative estimate of drug-likeness (QED) is 0.694. The van der Waals surface area contributed by atoms with Gasteiger partial charge < -0.3 is 19.3 Å². The second kappa shape index (κ2) is 7.22. The van der Waals surface area contributed by atoms with Crippen LogP contribution in [0.5, 0.6) is 11.5 Å². The van der Waals surface area contributed by atoms with E-state index in [4.69, 9.17) is 14.0 Å². The summed E-state index contributed by atoms with van der Waals surface area (Å²) in [6.07, 6.45) is 0.777. The molecule has 28 heavy (non-hydrogen) atoms. The van der Waals surface area contributed by atoms with Gasteiger partial charge in [-0.1, -0.05) is 12.1 Å². The maximum atomic E-state index is 12.2. The number of carbonyl (C=O) groups excluding carboxylic acids is 1. The summed E-state index contributed by atoms with van der Waals surface area (Å²) < 4.78 is 17.6. The Hall–Kier alpha value is -3.56. The molecule has 2 N–H and O–H groups in total. The third-order valence-electron chi connectivity index (χ3n) is 4.43. The van der Waals surface area contributed by atoms with Gasteiger partial charge in [-0.25, -0.2) is 4.79 Å². The first-order valence-corrected chi connectivity index (χ1v) is 8.85. The van der Waals surface area contributed by atoms with Crippen molar-refractivity contribution in [3.8, 4) is 23.0 Å². The Morgan fingerprint density at radius 1 is 1.29 bits per heavy atom. The topological polar surface area (TPSA) is 116 Å². The van der Waals surface area contributed by atoms with Crippen LogP contribution in [0.4, 0.5) is 10.6 Å². The summed E-state index contributed by atoms with van der Waals surface area (Å²) in [6.45, 7) is 4.25. The van der Waals surface area contributed by atoms with E-state index in [0.29, 0.717) is 34.6 Å². The third-order valence-corrected chi connectivity index (χ3v) is 4.43. The molecule has 3 aromatic rings. The fraction of sp³-hybridized carbons (Fsp3) is 0.333. The molecule has 0 aliphatic carbocycles. The number of urea groups is 1. The van der Waals surface area contributed by atoms with Crippen LogP contribution < -0.4 is 20.1 Å². The smallest absolute Gasteiger partial charge is 0.320 e. The summed E-state index contributed by atoms with van der Waals surface area (Å²) in [5.41, 5.74) is 2.61. The van der Waals surface area contributed by atoms with Gasteiger partial charge in [0.15, 0.2) is 17.3 Å². The minimum Gasteiger partial charge on any atom is -0.454 e. The number of benzene rings is 1. The summed E-state index contributed by atoms with van der Waals surface area (Å²) >= 11 is 0. The zero-order valence-corrected chi connectivity index (χ0v) is 15.8. The molecule has 0 atom stereocenters. The van der Waals surface area contributed by atoms with Gasteiger partial charge in [0.05, 0.1) is 12.2 Å². The van der Waals surface area contributed by atoms with E-state index >= 15 is 0 Å². The molecule has 2 amide bonds. The lowest BCUT2D eigenvalue weighted by Gasteiger charge is -2.08. The average molecular weight is 384 g/mol. The van der Waals surface area contributed by atoms with Gasteiger partial charge in [0.2, 0.25) is 6.79 Å². The van der Waals surface area contributed by atoms with Gasteiger partial charge >= 0.3 is 6.03 Å². The maximum absolute atomic E-state index is 12.2. The molecule has 0 unspecified atom stereocenters. The molecule has 2 aromatic heterocycles. The molecule has 10 heteroatoms. The van der Waals surface area contributed by atoms with Crippen LogP contribution in [0.1, 0.15) is 24.0 Å². The molecule has 0 radical (unpaired) electrons. The van der Waals surface area contributed by atoms with Gasteiger partial charge in [0.25, 0.3) is 5.89 Å². The highest BCUT2D eigenvalue weighted by Gasteiger charge is 2.18. The molecular formula is C18H20N6O4. The fourth-order valence-corrected chi connectivity index (χ4v) is 3.07. The van der Waals surface area contributed by atoms with E-state index < -0.39 is 0 Å². The summed E-state index contributed by atoms with van der Waals surface area (Å²) in [5.74, 6) is 2.68. The Morgan fingerprint density at radius 3 is 2.93 bits per heavy atom. The SMILES string of the molecule is CCc1c(C)nn(C)c1NC(=O)NCc1noc(-c2ccc3c(c2)OCO3)n1. The lowest BCUT2D eigenvalue weighted by molar-refractivity contribution is 0.174. The normalized spacial score (nSPS) is 12.2. The third kappa shape index (κ3) is 3.36. The number of fused-ring (bicyclic) bond motifs is 1. The fourth-order valence-electron chi connectivity index (χ4n) is 3.07. The standard InChI is InChI=1S/C18H20N6O4/c1-4-12-10(2)22-24(3)16(12)21-18(25)19-8-15-20-17(28-23-15)11-5-6-13-14(7-11)27-9-26-13/h5-7H,4,8-9H2,1-3H3,(H2,19,21,25). The van der Waals surface area contributed by atoms with Crippen molar-refractivity contribution in [2.45, 2.75) is 26.8 Å². The molecule has 0 fully saturated rings. The molecule has 0 saturated heterocycles. The lowest BCUT2D eigenvalue weighted by Crippen LogP contribution is -2.29. The molecule has 1 aliphatic heterocycles. The predicted octanol–water partition coefficient (Wildman–Crippen LogP) is 2.39. The van der Waals surface area contributed by atoms with Crippen molar-refractivity contribution in [2.75, 3.05) is 12.1 Å².